The Morgan fingerprint density at radius 1 is 0.862 bits per heavy atom. The predicted molar refractivity (Wildman–Crippen MR) is 123 cm³/mol. The molecule has 0 atom stereocenters. The van der Waals surface area contributed by atoms with Gasteiger partial charge in [-0.1, -0.05) is 48.6 Å². The second-order valence-electron chi connectivity index (χ2n) is 6.91. The minimum atomic E-state index is 0.873. The molecule has 0 aliphatic rings. The molecule has 4 nitrogen and oxygen atoms in total. The van der Waals surface area contributed by atoms with Crippen molar-refractivity contribution in [3.05, 3.63) is 95.7 Å². The van der Waals surface area contributed by atoms with Crippen LogP contribution >= 0.6 is 0 Å². The minimum absolute atomic E-state index is 0.873. The van der Waals surface area contributed by atoms with Gasteiger partial charge in [-0.2, -0.15) is 0 Å². The molecule has 0 N–H and O–H groups in total. The Hall–Kier alpha value is -3.40. The molecule has 3 aromatic rings. The molecule has 0 aliphatic carbocycles. The van der Waals surface area contributed by atoms with Gasteiger partial charge in [0.25, 0.3) is 0 Å². The molecule has 0 amide bonds. The van der Waals surface area contributed by atoms with Gasteiger partial charge in [0.05, 0.1) is 29.0 Å². The number of rotatable bonds is 4. The van der Waals surface area contributed by atoms with E-state index in [1.165, 1.54) is 5.56 Å². The van der Waals surface area contributed by atoms with Gasteiger partial charge in [-0.25, -0.2) is 0 Å². The Morgan fingerprint density at radius 2 is 1.55 bits per heavy atom. The van der Waals surface area contributed by atoms with Crippen molar-refractivity contribution in [3.8, 4) is 11.3 Å². The Labute approximate surface area is 173 Å². The molecule has 29 heavy (non-hydrogen) atoms. The Balaban J connectivity index is 0.000000207. The summed E-state index contributed by atoms with van der Waals surface area (Å²) in [4.78, 5) is 17.2. The molecule has 0 saturated carbocycles. The van der Waals surface area contributed by atoms with E-state index in [1.54, 1.807) is 18.6 Å². The highest BCUT2D eigenvalue weighted by Crippen LogP contribution is 2.16. The van der Waals surface area contributed by atoms with E-state index in [2.05, 4.69) is 57.7 Å². The van der Waals surface area contributed by atoms with Crippen molar-refractivity contribution in [1.82, 2.24) is 15.0 Å². The smallest absolute Gasteiger partial charge is 0.0885 e. The van der Waals surface area contributed by atoms with Gasteiger partial charge in [0.15, 0.2) is 0 Å². The molecule has 2 aromatic heterocycles. The summed E-state index contributed by atoms with van der Waals surface area (Å²) in [7, 11) is 0. The van der Waals surface area contributed by atoms with E-state index < -0.39 is 0 Å². The third-order valence-corrected chi connectivity index (χ3v) is 4.00. The minimum Gasteiger partial charge on any atom is -0.258 e. The van der Waals surface area contributed by atoms with Crippen molar-refractivity contribution in [1.29, 1.82) is 0 Å². The molecular weight excluding hydrogens is 356 g/mol. The first-order valence-electron chi connectivity index (χ1n) is 9.53. The van der Waals surface area contributed by atoms with Crippen molar-refractivity contribution in [2.24, 2.45) is 4.99 Å². The van der Waals surface area contributed by atoms with Crippen LogP contribution in [0.1, 0.15) is 36.4 Å². The van der Waals surface area contributed by atoms with Crippen LogP contribution in [0.3, 0.4) is 0 Å². The number of aliphatic imine (C=N–C) groups is 1. The lowest BCUT2D eigenvalue weighted by molar-refractivity contribution is 1.12. The number of pyridine rings is 1. The zero-order valence-electron chi connectivity index (χ0n) is 17.8. The average Bonchev–Trinajstić information content (AvgIpc) is 2.71. The first-order chi connectivity index (χ1) is 13.9. The van der Waals surface area contributed by atoms with Gasteiger partial charge in [-0.05, 0) is 51.8 Å². The molecule has 2 heterocycles. The van der Waals surface area contributed by atoms with Crippen LogP contribution in [-0.4, -0.2) is 21.2 Å². The van der Waals surface area contributed by atoms with E-state index >= 15 is 0 Å². The first-order valence-corrected chi connectivity index (χ1v) is 9.53. The average molecular weight is 385 g/mol. The maximum absolute atomic E-state index is 4.32. The van der Waals surface area contributed by atoms with Crippen molar-refractivity contribution < 1.29 is 0 Å². The monoisotopic (exact) mass is 384 g/mol. The van der Waals surface area contributed by atoms with Crippen LogP contribution in [0, 0.1) is 20.8 Å². The molecular formula is C25H28N4. The van der Waals surface area contributed by atoms with Crippen LogP contribution in [0.25, 0.3) is 17.0 Å². The predicted octanol–water partition coefficient (Wildman–Crippen LogP) is 6.16. The van der Waals surface area contributed by atoms with Crippen molar-refractivity contribution in [2.45, 2.75) is 34.6 Å². The van der Waals surface area contributed by atoms with Crippen LogP contribution < -0.4 is 0 Å². The topological polar surface area (TPSA) is 51.0 Å². The summed E-state index contributed by atoms with van der Waals surface area (Å²) in [6, 6.07) is 12.3. The number of benzene rings is 1. The molecule has 1 aromatic carbocycles. The SMILES string of the molecule is C=C(C)C=N/C(=C\C)c1ccc(C)cn1.Cc1ccc(-c2cnc(C)cn2)cc1. The van der Waals surface area contributed by atoms with Gasteiger partial charge >= 0.3 is 0 Å². The Kier molecular flexibility index (Phi) is 8.16. The standard InChI is InChI=1S/C13H16N2.C12H12N2/c1-5-12(14-8-10(2)3)13-7-6-11(4)9-15-13;1-9-3-5-11(6-4-9)12-8-13-10(2)7-14-12/h5-9H,2H2,1,3-4H3;3-8H,1-2H3/b12-5-,14-8?;. The number of aryl methyl sites for hydroxylation is 3. The third-order valence-electron chi connectivity index (χ3n) is 4.00. The Morgan fingerprint density at radius 3 is 2.07 bits per heavy atom. The maximum Gasteiger partial charge on any atom is 0.0885 e. The van der Waals surface area contributed by atoms with Gasteiger partial charge < -0.3 is 0 Å². The highest BCUT2D eigenvalue weighted by molar-refractivity contribution is 5.82. The summed E-state index contributed by atoms with van der Waals surface area (Å²) < 4.78 is 0. The summed E-state index contributed by atoms with van der Waals surface area (Å²) in [5.41, 5.74) is 8.09. The van der Waals surface area contributed by atoms with Gasteiger partial charge in [-0.15, -0.1) is 0 Å². The second-order valence-corrected chi connectivity index (χ2v) is 6.91. The van der Waals surface area contributed by atoms with Crippen LogP contribution in [-0.2, 0) is 0 Å². The number of hydrogen-bond donors (Lipinski definition) is 0. The van der Waals surface area contributed by atoms with Crippen molar-refractivity contribution >= 4 is 11.9 Å². The quantitative estimate of drug-likeness (QED) is 0.506. The zero-order valence-corrected chi connectivity index (χ0v) is 17.8. The fraction of sp³-hybridized carbons (Fsp3) is 0.200. The fourth-order valence-electron chi connectivity index (χ4n) is 2.35. The highest BCUT2D eigenvalue weighted by atomic mass is 14.8. The fourth-order valence-corrected chi connectivity index (χ4v) is 2.35. The van der Waals surface area contributed by atoms with Crippen LogP contribution in [0.4, 0.5) is 0 Å². The number of nitrogens with zero attached hydrogens (tertiary/aromatic N) is 4. The molecule has 0 fully saturated rings. The second kappa shape index (κ2) is 10.8. The number of hydrogen-bond acceptors (Lipinski definition) is 4. The summed E-state index contributed by atoms with van der Waals surface area (Å²) in [6.45, 7) is 13.7. The molecule has 0 unspecified atom stereocenters. The third kappa shape index (κ3) is 7.26. The van der Waals surface area contributed by atoms with Crippen LogP contribution in [0.15, 0.2) is 78.2 Å². The summed E-state index contributed by atoms with van der Waals surface area (Å²) in [5.74, 6) is 0. The lowest BCUT2D eigenvalue weighted by Crippen LogP contribution is -1.88. The lowest BCUT2D eigenvalue weighted by Gasteiger charge is -2.00. The molecule has 148 valence electrons. The van der Waals surface area contributed by atoms with Gasteiger partial charge in [0.2, 0.25) is 0 Å². The van der Waals surface area contributed by atoms with Crippen LogP contribution in [0.5, 0.6) is 0 Å². The van der Waals surface area contributed by atoms with Gasteiger partial charge in [0.1, 0.15) is 0 Å². The summed E-state index contributed by atoms with van der Waals surface area (Å²) in [6.07, 6.45) is 9.12. The molecule has 0 radical (unpaired) electrons. The number of allylic oxidation sites excluding steroid dienone is 2. The summed E-state index contributed by atoms with van der Waals surface area (Å²) >= 11 is 0. The van der Waals surface area contributed by atoms with E-state index in [0.29, 0.717) is 0 Å². The highest BCUT2D eigenvalue weighted by Gasteiger charge is 1.99. The van der Waals surface area contributed by atoms with E-state index in [0.717, 1.165) is 39.5 Å². The van der Waals surface area contributed by atoms with E-state index in [-0.39, 0.29) is 0 Å². The van der Waals surface area contributed by atoms with E-state index in [9.17, 15) is 0 Å². The molecule has 0 aliphatic heterocycles. The summed E-state index contributed by atoms with van der Waals surface area (Å²) in [5, 5.41) is 0. The normalized spacial score (nSPS) is 11.1. The van der Waals surface area contributed by atoms with Gasteiger partial charge in [-0.3, -0.25) is 19.9 Å². The van der Waals surface area contributed by atoms with E-state index in [4.69, 9.17) is 0 Å². The zero-order chi connectivity index (χ0) is 21.2. The molecule has 0 bridgehead atoms. The van der Waals surface area contributed by atoms with E-state index in [1.807, 2.05) is 52.1 Å². The van der Waals surface area contributed by atoms with Crippen molar-refractivity contribution in [2.75, 3.05) is 0 Å². The largest absolute Gasteiger partial charge is 0.258 e. The van der Waals surface area contributed by atoms with Crippen LogP contribution in [0.2, 0.25) is 0 Å². The van der Waals surface area contributed by atoms with Crippen molar-refractivity contribution in [3.63, 3.8) is 0 Å². The van der Waals surface area contributed by atoms with Gasteiger partial charge in [0, 0.05) is 24.2 Å². The molecule has 3 rings (SSSR count). The molecule has 0 saturated heterocycles. The lowest BCUT2D eigenvalue weighted by atomic mass is 10.1. The molecule has 0 spiro atoms. The first kappa shape index (κ1) is 21.9. The number of aromatic nitrogens is 3. The molecule has 4 heteroatoms. The Bertz CT molecular complexity index is 937. The maximum atomic E-state index is 4.32.